The molecule has 2 aliphatic heterocycles. The van der Waals surface area contributed by atoms with Crippen molar-refractivity contribution in [1.82, 2.24) is 10.2 Å². The van der Waals surface area contributed by atoms with Gasteiger partial charge < -0.3 is 9.47 Å². The van der Waals surface area contributed by atoms with Crippen LogP contribution in [-0.4, -0.2) is 48.7 Å². The number of hydrogen-bond donors (Lipinski definition) is 1. The van der Waals surface area contributed by atoms with Gasteiger partial charge in [-0.1, -0.05) is 23.8 Å². The summed E-state index contributed by atoms with van der Waals surface area (Å²) in [4.78, 5) is 2.36. The summed E-state index contributed by atoms with van der Waals surface area (Å²) < 4.78 is 12.3. The van der Waals surface area contributed by atoms with Crippen LogP contribution in [0.4, 0.5) is 0 Å². The van der Waals surface area contributed by atoms with E-state index in [1.807, 2.05) is 0 Å². The first kappa shape index (κ1) is 13.9. The monoisotopic (exact) mass is 290 g/mol. The molecule has 2 heterocycles. The Morgan fingerprint density at radius 1 is 1.29 bits per heavy atom. The summed E-state index contributed by atoms with van der Waals surface area (Å²) in [7, 11) is 0. The average molecular weight is 290 g/mol. The zero-order valence-corrected chi connectivity index (χ0v) is 12.8. The van der Waals surface area contributed by atoms with Gasteiger partial charge in [-0.3, -0.25) is 10.2 Å². The third-order valence-electron chi connectivity index (χ3n) is 5.19. The lowest BCUT2D eigenvalue weighted by Gasteiger charge is -2.43. The molecule has 4 unspecified atom stereocenters. The number of allylic oxidation sites excluding steroid dienone is 2. The molecule has 0 aromatic carbocycles. The number of hydrogen-bond acceptors (Lipinski definition) is 4. The largest absolute Gasteiger partial charge is 0.372 e. The molecule has 116 valence electrons. The SMILES string of the molecule is CC1=CCC(OC2CN(C3NC4CCC=CC4O3)C2)CC1. The minimum atomic E-state index is 0.0936. The molecule has 4 heteroatoms. The van der Waals surface area contributed by atoms with Crippen molar-refractivity contribution >= 4 is 0 Å². The van der Waals surface area contributed by atoms with Crippen molar-refractivity contribution in [2.45, 2.75) is 69.7 Å². The van der Waals surface area contributed by atoms with Crippen molar-refractivity contribution in [3.8, 4) is 0 Å². The normalized spacial score (nSPS) is 40.7. The van der Waals surface area contributed by atoms with Gasteiger partial charge in [-0.05, 0) is 39.0 Å². The summed E-state index contributed by atoms with van der Waals surface area (Å²) >= 11 is 0. The highest BCUT2D eigenvalue weighted by Gasteiger charge is 2.42. The Balaban J connectivity index is 1.22. The fraction of sp³-hybridized carbons (Fsp3) is 0.765. The van der Waals surface area contributed by atoms with E-state index in [9.17, 15) is 0 Å². The molecule has 0 radical (unpaired) electrons. The Morgan fingerprint density at radius 2 is 2.19 bits per heavy atom. The van der Waals surface area contributed by atoms with Crippen molar-refractivity contribution in [3.05, 3.63) is 23.8 Å². The minimum absolute atomic E-state index is 0.0936. The Bertz CT molecular complexity index is 442. The first-order chi connectivity index (χ1) is 10.3. The lowest BCUT2D eigenvalue weighted by molar-refractivity contribution is -0.159. The quantitative estimate of drug-likeness (QED) is 0.808. The molecule has 0 bridgehead atoms. The second kappa shape index (κ2) is 5.84. The van der Waals surface area contributed by atoms with Gasteiger partial charge in [0.1, 0.15) is 0 Å². The second-order valence-corrected chi connectivity index (χ2v) is 6.89. The van der Waals surface area contributed by atoms with Crippen LogP contribution >= 0.6 is 0 Å². The molecule has 2 aliphatic carbocycles. The molecular weight excluding hydrogens is 264 g/mol. The Morgan fingerprint density at radius 3 is 2.95 bits per heavy atom. The lowest BCUT2D eigenvalue weighted by Crippen LogP contribution is -2.60. The van der Waals surface area contributed by atoms with Crippen LogP contribution in [0.25, 0.3) is 0 Å². The molecule has 0 spiro atoms. The maximum Gasteiger partial charge on any atom is 0.167 e. The molecule has 4 nitrogen and oxygen atoms in total. The molecule has 4 aliphatic rings. The predicted octanol–water partition coefficient (Wildman–Crippen LogP) is 2.18. The lowest BCUT2D eigenvalue weighted by atomic mass is 9.98. The summed E-state index contributed by atoms with van der Waals surface area (Å²) in [5.41, 5.74) is 1.52. The molecule has 0 aromatic heterocycles. The zero-order chi connectivity index (χ0) is 14.2. The Hall–Kier alpha value is -0.680. The first-order valence-electron chi connectivity index (χ1n) is 8.41. The van der Waals surface area contributed by atoms with E-state index in [1.165, 1.54) is 31.3 Å². The molecule has 1 N–H and O–H groups in total. The molecule has 0 amide bonds. The van der Waals surface area contributed by atoms with E-state index >= 15 is 0 Å². The Labute approximate surface area is 127 Å². The van der Waals surface area contributed by atoms with Crippen molar-refractivity contribution in [2.24, 2.45) is 0 Å². The average Bonchev–Trinajstić information content (AvgIpc) is 2.87. The fourth-order valence-electron chi connectivity index (χ4n) is 3.77. The molecule has 0 saturated carbocycles. The van der Waals surface area contributed by atoms with Crippen molar-refractivity contribution in [1.29, 1.82) is 0 Å². The van der Waals surface area contributed by atoms with Crippen LogP contribution in [0.2, 0.25) is 0 Å². The van der Waals surface area contributed by atoms with Gasteiger partial charge in [-0.25, -0.2) is 0 Å². The van der Waals surface area contributed by atoms with E-state index < -0.39 is 0 Å². The minimum Gasteiger partial charge on any atom is -0.372 e. The van der Waals surface area contributed by atoms with Crippen LogP contribution in [-0.2, 0) is 9.47 Å². The third-order valence-corrected chi connectivity index (χ3v) is 5.19. The summed E-state index contributed by atoms with van der Waals surface area (Å²) in [6.07, 6.45) is 13.8. The van der Waals surface area contributed by atoms with E-state index in [2.05, 4.69) is 35.4 Å². The summed E-state index contributed by atoms with van der Waals surface area (Å²) in [6, 6.07) is 0.506. The van der Waals surface area contributed by atoms with E-state index in [-0.39, 0.29) is 12.5 Å². The summed E-state index contributed by atoms with van der Waals surface area (Å²) in [6.45, 7) is 4.22. The van der Waals surface area contributed by atoms with E-state index in [1.54, 1.807) is 0 Å². The van der Waals surface area contributed by atoms with E-state index in [4.69, 9.17) is 9.47 Å². The second-order valence-electron chi connectivity index (χ2n) is 6.89. The summed E-state index contributed by atoms with van der Waals surface area (Å²) in [5.74, 6) is 0. The number of likely N-dealkylation sites (tertiary alicyclic amines) is 1. The number of fused-ring (bicyclic) bond motifs is 1. The van der Waals surface area contributed by atoms with Crippen molar-refractivity contribution in [2.75, 3.05) is 13.1 Å². The number of ether oxygens (including phenoxy) is 2. The van der Waals surface area contributed by atoms with Crippen LogP contribution < -0.4 is 5.32 Å². The van der Waals surface area contributed by atoms with Crippen LogP contribution in [0.3, 0.4) is 0 Å². The third kappa shape index (κ3) is 2.95. The number of nitrogens with one attached hydrogen (secondary N) is 1. The molecule has 4 rings (SSSR count). The maximum absolute atomic E-state index is 6.20. The zero-order valence-electron chi connectivity index (χ0n) is 12.8. The van der Waals surface area contributed by atoms with Gasteiger partial charge in [0.25, 0.3) is 0 Å². The number of nitrogens with zero attached hydrogens (tertiary/aromatic N) is 1. The summed E-state index contributed by atoms with van der Waals surface area (Å²) in [5, 5.41) is 3.61. The van der Waals surface area contributed by atoms with Crippen molar-refractivity contribution in [3.63, 3.8) is 0 Å². The molecule has 4 atom stereocenters. The first-order valence-corrected chi connectivity index (χ1v) is 8.41. The molecule has 21 heavy (non-hydrogen) atoms. The van der Waals surface area contributed by atoms with E-state index in [0.29, 0.717) is 18.2 Å². The van der Waals surface area contributed by atoms with Crippen LogP contribution in [0, 0.1) is 0 Å². The standard InChI is InChI=1S/C17H26N2O2/c1-12-6-8-13(9-7-12)20-14-10-19(11-14)17-18-15-4-2-3-5-16(15)21-17/h3,5-6,13-18H,2,4,7-11H2,1H3. The maximum atomic E-state index is 6.20. The van der Waals surface area contributed by atoms with Gasteiger partial charge in [-0.15, -0.1) is 0 Å². The van der Waals surface area contributed by atoms with Crippen LogP contribution in [0.5, 0.6) is 0 Å². The fourth-order valence-corrected chi connectivity index (χ4v) is 3.77. The van der Waals surface area contributed by atoms with Gasteiger partial charge in [-0.2, -0.15) is 0 Å². The van der Waals surface area contributed by atoms with Gasteiger partial charge in [0.05, 0.1) is 18.3 Å². The molecule has 2 fully saturated rings. The highest BCUT2D eigenvalue weighted by Crippen LogP contribution is 2.28. The van der Waals surface area contributed by atoms with Gasteiger partial charge in [0.15, 0.2) is 6.35 Å². The molecule has 2 saturated heterocycles. The highest BCUT2D eigenvalue weighted by atomic mass is 16.5. The predicted molar refractivity (Wildman–Crippen MR) is 81.8 cm³/mol. The topological polar surface area (TPSA) is 33.7 Å². The van der Waals surface area contributed by atoms with Gasteiger partial charge in [0.2, 0.25) is 0 Å². The molecule has 0 aromatic rings. The van der Waals surface area contributed by atoms with Crippen LogP contribution in [0.1, 0.15) is 39.0 Å². The Kier molecular flexibility index (Phi) is 3.88. The number of rotatable bonds is 3. The van der Waals surface area contributed by atoms with E-state index in [0.717, 1.165) is 19.5 Å². The van der Waals surface area contributed by atoms with Crippen LogP contribution in [0.15, 0.2) is 23.8 Å². The smallest absolute Gasteiger partial charge is 0.167 e. The van der Waals surface area contributed by atoms with Crippen molar-refractivity contribution < 1.29 is 9.47 Å². The van der Waals surface area contributed by atoms with Gasteiger partial charge in [0, 0.05) is 19.1 Å². The van der Waals surface area contributed by atoms with Gasteiger partial charge >= 0.3 is 0 Å². The highest BCUT2D eigenvalue weighted by molar-refractivity contribution is 5.06. The molecular formula is C17H26N2O2.